The highest BCUT2D eigenvalue weighted by Crippen LogP contribution is 2.40. The number of amides is 1. The smallest absolute Gasteiger partial charge is 0.296 e. The van der Waals surface area contributed by atoms with Gasteiger partial charge < -0.3 is 19.2 Å². The van der Waals surface area contributed by atoms with E-state index in [9.17, 15) is 14.7 Å². The number of benzene rings is 1. The summed E-state index contributed by atoms with van der Waals surface area (Å²) < 4.78 is 11.1. The van der Waals surface area contributed by atoms with E-state index in [0.717, 1.165) is 0 Å². The van der Waals surface area contributed by atoms with Crippen LogP contribution in [-0.2, 0) is 16.1 Å². The normalized spacial score (nSPS) is 17.8. The Morgan fingerprint density at radius 1 is 1.12 bits per heavy atom. The molecule has 3 aromatic rings. The molecular formula is C25H24N2O5. The molecule has 164 valence electrons. The van der Waals surface area contributed by atoms with Crippen molar-refractivity contribution in [1.82, 2.24) is 9.88 Å². The van der Waals surface area contributed by atoms with Crippen molar-refractivity contribution >= 4 is 17.4 Å². The van der Waals surface area contributed by atoms with Gasteiger partial charge in [-0.15, -0.1) is 0 Å². The van der Waals surface area contributed by atoms with Gasteiger partial charge in [0.1, 0.15) is 17.3 Å². The molecule has 1 aliphatic rings. The minimum Gasteiger partial charge on any atom is -0.507 e. The number of carbonyl (C=O) groups excluding carboxylic acids is 2. The monoisotopic (exact) mass is 432 g/mol. The van der Waals surface area contributed by atoms with Gasteiger partial charge >= 0.3 is 0 Å². The number of hydrogen-bond donors (Lipinski definition) is 1. The van der Waals surface area contributed by atoms with Crippen LogP contribution in [-0.4, -0.2) is 33.3 Å². The van der Waals surface area contributed by atoms with Crippen LogP contribution in [0.15, 0.2) is 77.2 Å². The van der Waals surface area contributed by atoms with Crippen molar-refractivity contribution in [3.8, 4) is 5.75 Å². The van der Waals surface area contributed by atoms with Gasteiger partial charge in [0, 0.05) is 18.0 Å². The standard InChI is InChI=1S/C25H24N2O5/c1-16(2)15-32-19-7-5-18(6-8-19)23(28)21-22(17-9-11-26-12-10-17)27(25(30)24(21)29)14-20-4-3-13-31-20/h3-13,16,22,28H,14-15H2,1-2H3/b23-21-. The van der Waals surface area contributed by atoms with Crippen LogP contribution in [0.4, 0.5) is 0 Å². The molecule has 1 unspecified atom stereocenters. The van der Waals surface area contributed by atoms with E-state index in [2.05, 4.69) is 18.8 Å². The van der Waals surface area contributed by atoms with E-state index in [1.54, 1.807) is 60.9 Å². The van der Waals surface area contributed by atoms with Gasteiger partial charge in [0.25, 0.3) is 11.7 Å². The van der Waals surface area contributed by atoms with Crippen LogP contribution in [0.5, 0.6) is 5.75 Å². The molecule has 7 heteroatoms. The molecule has 1 atom stereocenters. The molecule has 0 radical (unpaired) electrons. The number of pyridine rings is 1. The highest BCUT2D eigenvalue weighted by atomic mass is 16.5. The minimum atomic E-state index is -0.764. The van der Waals surface area contributed by atoms with Crippen LogP contribution in [0.1, 0.15) is 36.8 Å². The van der Waals surface area contributed by atoms with Gasteiger partial charge in [0.15, 0.2) is 0 Å². The van der Waals surface area contributed by atoms with E-state index in [1.807, 2.05) is 0 Å². The zero-order chi connectivity index (χ0) is 22.7. The third kappa shape index (κ3) is 4.27. The molecule has 1 fully saturated rings. The number of aliphatic hydroxyl groups is 1. The Morgan fingerprint density at radius 3 is 2.47 bits per heavy atom. The molecule has 1 amide bonds. The quantitative estimate of drug-likeness (QED) is 0.339. The van der Waals surface area contributed by atoms with E-state index >= 15 is 0 Å². The maximum absolute atomic E-state index is 13.0. The van der Waals surface area contributed by atoms with Crippen molar-refractivity contribution in [2.75, 3.05) is 6.61 Å². The Labute approximate surface area is 186 Å². The van der Waals surface area contributed by atoms with Crippen molar-refractivity contribution in [3.05, 3.63) is 89.6 Å². The second-order valence-corrected chi connectivity index (χ2v) is 8.02. The van der Waals surface area contributed by atoms with E-state index in [1.165, 1.54) is 11.2 Å². The lowest BCUT2D eigenvalue weighted by Crippen LogP contribution is -2.29. The molecule has 3 heterocycles. The summed E-state index contributed by atoms with van der Waals surface area (Å²) in [6.07, 6.45) is 4.68. The van der Waals surface area contributed by atoms with E-state index in [0.29, 0.717) is 35.2 Å². The minimum absolute atomic E-state index is 0.0311. The molecule has 1 aliphatic heterocycles. The Bertz CT molecular complexity index is 1120. The Balaban J connectivity index is 1.73. The van der Waals surface area contributed by atoms with Gasteiger partial charge in [-0.05, 0) is 60.0 Å². The number of likely N-dealkylation sites (tertiary alicyclic amines) is 1. The molecule has 0 aliphatic carbocycles. The van der Waals surface area contributed by atoms with Crippen LogP contribution in [0.2, 0.25) is 0 Å². The molecule has 0 bridgehead atoms. The first-order chi connectivity index (χ1) is 15.5. The summed E-state index contributed by atoms with van der Waals surface area (Å²) in [6, 6.07) is 13.0. The van der Waals surface area contributed by atoms with Crippen LogP contribution >= 0.6 is 0 Å². The first-order valence-electron chi connectivity index (χ1n) is 10.4. The van der Waals surface area contributed by atoms with Crippen LogP contribution < -0.4 is 4.74 Å². The highest BCUT2D eigenvalue weighted by molar-refractivity contribution is 6.46. The maximum atomic E-state index is 13.0. The van der Waals surface area contributed by atoms with Crippen molar-refractivity contribution in [2.45, 2.75) is 26.4 Å². The zero-order valence-electron chi connectivity index (χ0n) is 17.9. The number of nitrogens with zero attached hydrogens (tertiary/aromatic N) is 2. The van der Waals surface area contributed by atoms with Gasteiger partial charge in [-0.2, -0.15) is 0 Å². The summed E-state index contributed by atoms with van der Waals surface area (Å²) in [5.74, 6) is -0.0782. The van der Waals surface area contributed by atoms with Crippen molar-refractivity contribution in [3.63, 3.8) is 0 Å². The molecule has 0 saturated carbocycles. The van der Waals surface area contributed by atoms with Gasteiger partial charge in [-0.3, -0.25) is 14.6 Å². The molecule has 32 heavy (non-hydrogen) atoms. The van der Waals surface area contributed by atoms with Crippen LogP contribution in [0.3, 0.4) is 0 Å². The average molecular weight is 432 g/mol. The second kappa shape index (κ2) is 9.09. The van der Waals surface area contributed by atoms with Gasteiger partial charge in [0.05, 0.1) is 31.0 Å². The summed E-state index contributed by atoms with van der Waals surface area (Å²) in [6.45, 7) is 4.79. The summed E-state index contributed by atoms with van der Waals surface area (Å²) in [5.41, 5.74) is 1.13. The van der Waals surface area contributed by atoms with E-state index in [-0.39, 0.29) is 17.9 Å². The largest absolute Gasteiger partial charge is 0.507 e. The summed E-state index contributed by atoms with van der Waals surface area (Å²) >= 11 is 0. The molecule has 1 N–H and O–H groups in total. The second-order valence-electron chi connectivity index (χ2n) is 8.02. The lowest BCUT2D eigenvalue weighted by Gasteiger charge is -2.24. The predicted octanol–water partition coefficient (Wildman–Crippen LogP) is 4.33. The Hall–Kier alpha value is -3.87. The van der Waals surface area contributed by atoms with Crippen molar-refractivity contribution in [1.29, 1.82) is 0 Å². The summed E-state index contributed by atoms with van der Waals surface area (Å²) in [7, 11) is 0. The SMILES string of the molecule is CC(C)COc1ccc(/C(O)=C2/C(=O)C(=O)N(Cc3ccco3)C2c2ccncc2)cc1. The highest BCUT2D eigenvalue weighted by Gasteiger charge is 2.46. The summed E-state index contributed by atoms with van der Waals surface area (Å²) in [5, 5.41) is 11.1. The Kier molecular flexibility index (Phi) is 6.07. The number of aliphatic hydroxyl groups excluding tert-OH is 1. The van der Waals surface area contributed by atoms with Crippen LogP contribution in [0, 0.1) is 5.92 Å². The van der Waals surface area contributed by atoms with Gasteiger partial charge in [-0.1, -0.05) is 13.8 Å². The molecular weight excluding hydrogens is 408 g/mol. The van der Waals surface area contributed by atoms with Crippen molar-refractivity contribution in [2.24, 2.45) is 5.92 Å². The predicted molar refractivity (Wildman–Crippen MR) is 118 cm³/mol. The van der Waals surface area contributed by atoms with E-state index < -0.39 is 17.7 Å². The number of aromatic nitrogens is 1. The fraction of sp³-hybridized carbons (Fsp3) is 0.240. The molecule has 7 nitrogen and oxygen atoms in total. The first-order valence-corrected chi connectivity index (χ1v) is 10.4. The molecule has 1 saturated heterocycles. The fourth-order valence-electron chi connectivity index (χ4n) is 3.63. The number of hydrogen-bond acceptors (Lipinski definition) is 6. The molecule has 2 aromatic heterocycles. The zero-order valence-corrected chi connectivity index (χ0v) is 17.9. The number of rotatable bonds is 7. The number of furan rings is 1. The molecule has 1 aromatic carbocycles. The van der Waals surface area contributed by atoms with Gasteiger partial charge in [-0.25, -0.2) is 0 Å². The topological polar surface area (TPSA) is 92.9 Å². The average Bonchev–Trinajstić information content (AvgIpc) is 3.40. The maximum Gasteiger partial charge on any atom is 0.296 e. The number of Topliss-reactive ketones (excluding diaryl/α,β-unsaturated/α-hetero) is 1. The Morgan fingerprint density at radius 2 is 1.84 bits per heavy atom. The van der Waals surface area contributed by atoms with E-state index in [4.69, 9.17) is 9.15 Å². The lowest BCUT2D eigenvalue weighted by atomic mass is 9.96. The number of ketones is 1. The number of ether oxygens (including phenoxy) is 1. The molecule has 4 rings (SSSR count). The first kappa shape index (κ1) is 21.4. The summed E-state index contributed by atoms with van der Waals surface area (Å²) in [4.78, 5) is 31.4. The lowest BCUT2D eigenvalue weighted by molar-refractivity contribution is -0.140. The fourth-order valence-corrected chi connectivity index (χ4v) is 3.63. The van der Waals surface area contributed by atoms with Crippen molar-refractivity contribution < 1.29 is 23.8 Å². The third-order valence-corrected chi connectivity index (χ3v) is 5.18. The van der Waals surface area contributed by atoms with Gasteiger partial charge in [0.2, 0.25) is 0 Å². The molecule has 0 spiro atoms. The number of carbonyl (C=O) groups is 2. The third-order valence-electron chi connectivity index (χ3n) is 5.18. The van der Waals surface area contributed by atoms with Crippen LogP contribution in [0.25, 0.3) is 5.76 Å².